The number of aliphatic hydroxyl groups is 1. The number of primary amides is 1. The molecule has 0 bridgehead atoms. The summed E-state index contributed by atoms with van der Waals surface area (Å²) < 4.78 is 0. The maximum Gasteiger partial charge on any atom is 0.240 e. The Morgan fingerprint density at radius 3 is 2.79 bits per heavy atom. The number of aromatic amines is 1. The minimum absolute atomic E-state index is 0.311. The normalized spacial score (nSPS) is 20.6. The van der Waals surface area contributed by atoms with Crippen LogP contribution in [0.15, 0.2) is 42.6 Å². The van der Waals surface area contributed by atoms with Crippen LogP contribution in [-0.2, 0) is 4.79 Å². The van der Waals surface area contributed by atoms with Crippen LogP contribution in [0, 0.1) is 0 Å². The summed E-state index contributed by atoms with van der Waals surface area (Å²) in [6.07, 6.45) is 1.49. The first kappa shape index (κ1) is 14.6. The number of carbonyl (C=O) groups excluding carboxylic acids is 1. The summed E-state index contributed by atoms with van der Waals surface area (Å²) in [5.74, 6) is 0.709. The highest BCUT2D eigenvalue weighted by Crippen LogP contribution is 2.31. The zero-order valence-electron chi connectivity index (χ0n) is 12.9. The Morgan fingerprint density at radius 2 is 2.04 bits per heavy atom. The van der Waals surface area contributed by atoms with Crippen molar-refractivity contribution in [3.05, 3.63) is 42.6 Å². The van der Waals surface area contributed by atoms with Gasteiger partial charge in [0, 0.05) is 24.7 Å². The number of nitrogens with two attached hydrogens (primary N) is 1. The molecule has 0 aliphatic carbocycles. The van der Waals surface area contributed by atoms with E-state index in [1.165, 1.54) is 0 Å². The van der Waals surface area contributed by atoms with E-state index < -0.39 is 18.1 Å². The molecule has 122 valence electrons. The molecule has 24 heavy (non-hydrogen) atoms. The molecule has 1 aliphatic rings. The van der Waals surface area contributed by atoms with Gasteiger partial charge in [-0.15, -0.1) is 0 Å². The molecule has 2 aromatic heterocycles. The highest BCUT2D eigenvalue weighted by Gasteiger charge is 2.36. The second-order valence-corrected chi connectivity index (χ2v) is 5.94. The van der Waals surface area contributed by atoms with Crippen molar-refractivity contribution in [1.29, 1.82) is 0 Å². The van der Waals surface area contributed by atoms with Gasteiger partial charge in [0.15, 0.2) is 5.82 Å². The monoisotopic (exact) mass is 323 g/mol. The van der Waals surface area contributed by atoms with Gasteiger partial charge in [0.05, 0.1) is 11.5 Å². The molecule has 7 nitrogen and oxygen atoms in total. The molecule has 0 spiro atoms. The van der Waals surface area contributed by atoms with Gasteiger partial charge >= 0.3 is 0 Å². The van der Waals surface area contributed by atoms with Gasteiger partial charge in [-0.3, -0.25) is 4.79 Å². The summed E-state index contributed by atoms with van der Waals surface area (Å²) in [5.41, 5.74) is 7.08. The number of amides is 1. The summed E-state index contributed by atoms with van der Waals surface area (Å²) in [5, 5.41) is 10.8. The number of carbonyl (C=O) groups is 1. The minimum Gasteiger partial charge on any atom is -0.391 e. The van der Waals surface area contributed by atoms with Crippen LogP contribution in [0.25, 0.3) is 22.4 Å². The van der Waals surface area contributed by atoms with Crippen LogP contribution >= 0.6 is 0 Å². The van der Waals surface area contributed by atoms with E-state index >= 15 is 0 Å². The lowest BCUT2D eigenvalue weighted by atomic mass is 10.2. The molecule has 0 radical (unpaired) electrons. The summed E-state index contributed by atoms with van der Waals surface area (Å²) >= 11 is 0. The Bertz CT molecular complexity index is 892. The zero-order valence-corrected chi connectivity index (χ0v) is 12.9. The molecule has 1 aromatic carbocycles. The minimum atomic E-state index is -0.605. The number of anilines is 1. The number of fused-ring (bicyclic) bond motifs is 1. The highest BCUT2D eigenvalue weighted by atomic mass is 16.3. The molecule has 3 heterocycles. The quantitative estimate of drug-likeness (QED) is 0.667. The summed E-state index contributed by atoms with van der Waals surface area (Å²) in [7, 11) is 0. The van der Waals surface area contributed by atoms with Gasteiger partial charge in [0.25, 0.3) is 0 Å². The van der Waals surface area contributed by atoms with E-state index in [0.717, 1.165) is 10.9 Å². The molecule has 4 rings (SSSR count). The van der Waals surface area contributed by atoms with Crippen molar-refractivity contribution >= 4 is 22.8 Å². The molecular formula is C17H17N5O2. The average Bonchev–Trinajstić information content (AvgIpc) is 3.21. The number of rotatable bonds is 3. The number of hydrogen-bond acceptors (Lipinski definition) is 5. The Labute approximate surface area is 138 Å². The molecule has 1 fully saturated rings. The number of hydrogen-bond donors (Lipinski definition) is 3. The maximum atomic E-state index is 11.8. The SMILES string of the molecule is NC(=O)C1CC(O)CN1c1nc(-c2ccccc2)nc2[nH]ccc12. The van der Waals surface area contributed by atoms with Crippen molar-refractivity contribution in [3.63, 3.8) is 0 Å². The molecule has 3 aromatic rings. The van der Waals surface area contributed by atoms with Crippen LogP contribution in [0.2, 0.25) is 0 Å². The van der Waals surface area contributed by atoms with Gasteiger partial charge in [-0.2, -0.15) is 0 Å². The smallest absolute Gasteiger partial charge is 0.240 e. The fraction of sp³-hybridized carbons (Fsp3) is 0.235. The number of nitrogens with zero attached hydrogens (tertiary/aromatic N) is 3. The maximum absolute atomic E-state index is 11.8. The predicted octanol–water partition coefficient (Wildman–Crippen LogP) is 1.05. The summed E-state index contributed by atoms with van der Waals surface area (Å²) in [6.45, 7) is 0.319. The largest absolute Gasteiger partial charge is 0.391 e. The van der Waals surface area contributed by atoms with E-state index in [1.54, 1.807) is 11.1 Å². The molecule has 4 N–H and O–H groups in total. The third-order valence-corrected chi connectivity index (χ3v) is 4.31. The first-order chi connectivity index (χ1) is 11.6. The van der Waals surface area contributed by atoms with Crippen LogP contribution in [-0.4, -0.2) is 44.7 Å². The summed E-state index contributed by atoms with van der Waals surface area (Å²) in [6, 6.07) is 10.9. The lowest BCUT2D eigenvalue weighted by molar-refractivity contribution is -0.119. The number of aromatic nitrogens is 3. The number of nitrogens with one attached hydrogen (secondary N) is 1. The van der Waals surface area contributed by atoms with Gasteiger partial charge in [-0.25, -0.2) is 9.97 Å². The first-order valence-electron chi connectivity index (χ1n) is 7.78. The lowest BCUT2D eigenvalue weighted by Gasteiger charge is -2.24. The van der Waals surface area contributed by atoms with E-state index in [4.69, 9.17) is 5.73 Å². The Hall–Kier alpha value is -2.93. The van der Waals surface area contributed by atoms with Crippen molar-refractivity contribution < 1.29 is 9.90 Å². The second kappa shape index (κ2) is 5.61. The standard InChI is InChI=1S/C17H17N5O2/c18-14(24)13-8-11(23)9-22(13)17-12-6-7-19-16(12)20-15(21-17)10-4-2-1-3-5-10/h1-7,11,13,23H,8-9H2,(H2,18,24)(H,19,20,21). The van der Waals surface area contributed by atoms with E-state index in [0.29, 0.717) is 30.3 Å². The third-order valence-electron chi connectivity index (χ3n) is 4.31. The van der Waals surface area contributed by atoms with Gasteiger partial charge in [-0.1, -0.05) is 30.3 Å². The molecule has 1 amide bonds. The predicted molar refractivity (Wildman–Crippen MR) is 90.3 cm³/mol. The zero-order chi connectivity index (χ0) is 16.7. The van der Waals surface area contributed by atoms with E-state index in [1.807, 2.05) is 36.4 Å². The second-order valence-electron chi connectivity index (χ2n) is 5.94. The van der Waals surface area contributed by atoms with Gasteiger partial charge in [-0.05, 0) is 6.07 Å². The van der Waals surface area contributed by atoms with Crippen LogP contribution in [0.5, 0.6) is 0 Å². The van der Waals surface area contributed by atoms with Crippen LogP contribution in [0.3, 0.4) is 0 Å². The lowest BCUT2D eigenvalue weighted by Crippen LogP contribution is -2.40. The number of aliphatic hydroxyl groups excluding tert-OH is 1. The molecular weight excluding hydrogens is 306 g/mol. The summed E-state index contributed by atoms with van der Waals surface area (Å²) in [4.78, 5) is 25.9. The molecule has 0 saturated carbocycles. The van der Waals surface area contributed by atoms with E-state index in [2.05, 4.69) is 15.0 Å². The molecule has 7 heteroatoms. The highest BCUT2D eigenvalue weighted by molar-refractivity contribution is 5.93. The average molecular weight is 323 g/mol. The number of β-amino-alcohol motifs (C(OH)–C–C–N with tert-alkyl or cyclic N) is 1. The van der Waals surface area contributed by atoms with Crippen molar-refractivity contribution in [2.24, 2.45) is 5.73 Å². The Balaban J connectivity index is 1.88. The van der Waals surface area contributed by atoms with Crippen molar-refractivity contribution in [2.45, 2.75) is 18.6 Å². The topological polar surface area (TPSA) is 108 Å². The van der Waals surface area contributed by atoms with E-state index in [-0.39, 0.29) is 0 Å². The fourth-order valence-electron chi connectivity index (χ4n) is 3.18. The molecule has 1 saturated heterocycles. The fourth-order valence-corrected chi connectivity index (χ4v) is 3.18. The van der Waals surface area contributed by atoms with Gasteiger partial charge < -0.3 is 20.7 Å². The van der Waals surface area contributed by atoms with Crippen LogP contribution in [0.1, 0.15) is 6.42 Å². The Kier molecular flexibility index (Phi) is 3.42. The number of benzene rings is 1. The van der Waals surface area contributed by atoms with Crippen LogP contribution in [0.4, 0.5) is 5.82 Å². The first-order valence-corrected chi connectivity index (χ1v) is 7.78. The molecule has 2 unspecified atom stereocenters. The van der Waals surface area contributed by atoms with Crippen molar-refractivity contribution in [2.75, 3.05) is 11.4 Å². The van der Waals surface area contributed by atoms with Gasteiger partial charge in [0.1, 0.15) is 17.5 Å². The third kappa shape index (κ3) is 2.39. The van der Waals surface area contributed by atoms with Crippen LogP contribution < -0.4 is 10.6 Å². The van der Waals surface area contributed by atoms with Crippen molar-refractivity contribution in [1.82, 2.24) is 15.0 Å². The molecule has 1 aliphatic heterocycles. The van der Waals surface area contributed by atoms with E-state index in [9.17, 15) is 9.90 Å². The molecule has 2 atom stereocenters. The Morgan fingerprint density at radius 1 is 1.25 bits per heavy atom. The number of H-pyrrole nitrogens is 1. The van der Waals surface area contributed by atoms with Gasteiger partial charge in [0.2, 0.25) is 5.91 Å². The van der Waals surface area contributed by atoms with Crippen molar-refractivity contribution in [3.8, 4) is 11.4 Å².